The smallest absolute Gasteiger partial charge is 0.253 e. The van der Waals surface area contributed by atoms with Crippen molar-refractivity contribution in [3.05, 3.63) is 82.9 Å². The normalized spacial score (nSPS) is 10.9. The highest BCUT2D eigenvalue weighted by molar-refractivity contribution is 6.00. The van der Waals surface area contributed by atoms with E-state index in [1.165, 1.54) is 0 Å². The van der Waals surface area contributed by atoms with Crippen LogP contribution in [0.15, 0.2) is 60.7 Å². The number of hydrogen-bond donors (Lipinski definition) is 2. The summed E-state index contributed by atoms with van der Waals surface area (Å²) in [6.45, 7) is 2.53. The number of nitrogens with zero attached hydrogens (tertiary/aromatic N) is 2. The van der Waals surface area contributed by atoms with Gasteiger partial charge in [-0.15, -0.1) is 0 Å². The second kappa shape index (κ2) is 12.0. The third-order valence-corrected chi connectivity index (χ3v) is 5.18. The average molecular weight is 471 g/mol. The predicted octanol–water partition coefficient (Wildman–Crippen LogP) is 4.26. The molecule has 3 aromatic carbocycles. The summed E-state index contributed by atoms with van der Waals surface area (Å²) in [6, 6.07) is 21.2. The molecule has 35 heavy (non-hydrogen) atoms. The maximum Gasteiger partial charge on any atom is 0.253 e. The largest absolute Gasteiger partial charge is 0.493 e. The Hall–Kier alpha value is -4.69. The fraction of sp³-hybridized carbons (Fsp3) is 0.222. The van der Waals surface area contributed by atoms with Gasteiger partial charge in [0.1, 0.15) is 12.4 Å². The molecule has 0 aliphatic rings. The molecule has 0 aliphatic carbocycles. The molecule has 0 bridgehead atoms. The fourth-order valence-electron chi connectivity index (χ4n) is 3.35. The summed E-state index contributed by atoms with van der Waals surface area (Å²) in [5, 5.41) is 24.4. The lowest BCUT2D eigenvalue weighted by Crippen LogP contribution is -2.28. The van der Waals surface area contributed by atoms with Gasteiger partial charge >= 0.3 is 0 Å². The molecule has 0 radical (unpaired) electrons. The van der Waals surface area contributed by atoms with Gasteiger partial charge in [-0.3, -0.25) is 4.79 Å². The van der Waals surface area contributed by atoms with Gasteiger partial charge in [0, 0.05) is 12.2 Å². The minimum atomic E-state index is -0.320. The van der Waals surface area contributed by atoms with Crippen molar-refractivity contribution in [3.63, 3.8) is 0 Å². The molecular formula is C27H26N4O4. The molecular weight excluding hydrogens is 444 g/mol. The lowest BCUT2D eigenvalue weighted by Gasteiger charge is -2.19. The molecule has 1 amide bonds. The van der Waals surface area contributed by atoms with Crippen LogP contribution in [0.25, 0.3) is 0 Å². The fourth-order valence-corrected chi connectivity index (χ4v) is 3.35. The molecule has 0 saturated heterocycles. The molecule has 3 rings (SSSR count). The van der Waals surface area contributed by atoms with E-state index in [2.05, 4.69) is 22.8 Å². The Labute approximate surface area is 204 Å². The first kappa shape index (κ1) is 24.9. The van der Waals surface area contributed by atoms with Gasteiger partial charge in [0.25, 0.3) is 5.91 Å². The number of carbonyl (C=O) groups is 1. The second-order valence-electron chi connectivity index (χ2n) is 7.74. The highest BCUT2D eigenvalue weighted by Gasteiger charge is 2.15. The molecule has 3 aromatic rings. The van der Waals surface area contributed by atoms with Crippen molar-refractivity contribution in [2.75, 3.05) is 26.1 Å². The van der Waals surface area contributed by atoms with Crippen LogP contribution >= 0.6 is 0 Å². The maximum absolute atomic E-state index is 13.0. The molecule has 178 valence electrons. The Morgan fingerprint density at radius 2 is 1.60 bits per heavy atom. The second-order valence-corrected chi connectivity index (χ2v) is 7.74. The standard InChI is InChI=1S/C27H26N4O4/c1-18(17-35-22-8-4-19(14-28)5-9-22)31-24-10-6-20(15-29)12-23(24)27(32)30-16-21-7-11-25(33-2)26(13-21)34-3/h4-13,18,31H,16-17H2,1-3H3,(H,30,32). The zero-order valence-corrected chi connectivity index (χ0v) is 19.8. The molecule has 8 nitrogen and oxygen atoms in total. The average Bonchev–Trinajstić information content (AvgIpc) is 2.90. The van der Waals surface area contributed by atoms with Crippen LogP contribution in [-0.2, 0) is 6.54 Å². The summed E-state index contributed by atoms with van der Waals surface area (Å²) in [5.74, 6) is 1.50. The first-order valence-corrected chi connectivity index (χ1v) is 10.9. The van der Waals surface area contributed by atoms with Crippen molar-refractivity contribution in [1.29, 1.82) is 10.5 Å². The summed E-state index contributed by atoms with van der Waals surface area (Å²) >= 11 is 0. The molecule has 0 fully saturated rings. The number of benzene rings is 3. The minimum Gasteiger partial charge on any atom is -0.493 e. The topological polar surface area (TPSA) is 116 Å². The first-order valence-electron chi connectivity index (χ1n) is 10.9. The van der Waals surface area contributed by atoms with Crippen molar-refractivity contribution in [2.45, 2.75) is 19.5 Å². The zero-order chi connectivity index (χ0) is 25.2. The molecule has 0 spiro atoms. The van der Waals surface area contributed by atoms with E-state index in [0.717, 1.165) is 5.56 Å². The van der Waals surface area contributed by atoms with Gasteiger partial charge in [0.15, 0.2) is 11.5 Å². The van der Waals surface area contributed by atoms with Crippen molar-refractivity contribution in [2.24, 2.45) is 0 Å². The van der Waals surface area contributed by atoms with Crippen LogP contribution in [0.2, 0.25) is 0 Å². The van der Waals surface area contributed by atoms with Gasteiger partial charge in [0.2, 0.25) is 0 Å². The van der Waals surface area contributed by atoms with Crippen molar-refractivity contribution < 1.29 is 19.0 Å². The first-order chi connectivity index (χ1) is 17.0. The molecule has 0 saturated carbocycles. The number of ether oxygens (including phenoxy) is 3. The zero-order valence-electron chi connectivity index (χ0n) is 19.8. The SMILES string of the molecule is COc1ccc(CNC(=O)c2cc(C#N)ccc2NC(C)COc2ccc(C#N)cc2)cc1OC. The molecule has 0 aromatic heterocycles. The maximum atomic E-state index is 13.0. The number of carbonyl (C=O) groups excluding carboxylic acids is 1. The summed E-state index contributed by atoms with van der Waals surface area (Å²) in [4.78, 5) is 13.0. The molecule has 1 unspecified atom stereocenters. The molecule has 0 aliphatic heterocycles. The van der Waals surface area contributed by atoms with E-state index in [-0.39, 0.29) is 18.5 Å². The van der Waals surface area contributed by atoms with Gasteiger partial charge in [-0.25, -0.2) is 0 Å². The number of nitriles is 2. The Kier molecular flexibility index (Phi) is 8.53. The van der Waals surface area contributed by atoms with Gasteiger partial charge < -0.3 is 24.8 Å². The Bertz CT molecular complexity index is 1260. The van der Waals surface area contributed by atoms with Crippen LogP contribution in [0.5, 0.6) is 17.2 Å². The van der Waals surface area contributed by atoms with E-state index in [1.807, 2.05) is 13.0 Å². The molecule has 8 heteroatoms. The lowest BCUT2D eigenvalue weighted by molar-refractivity contribution is 0.0951. The van der Waals surface area contributed by atoms with Crippen molar-refractivity contribution in [1.82, 2.24) is 5.32 Å². The summed E-state index contributed by atoms with van der Waals surface area (Å²) in [7, 11) is 3.12. The Morgan fingerprint density at radius 3 is 2.26 bits per heavy atom. The van der Waals surface area contributed by atoms with E-state index >= 15 is 0 Å². The van der Waals surface area contributed by atoms with Crippen LogP contribution < -0.4 is 24.8 Å². The third-order valence-electron chi connectivity index (χ3n) is 5.18. The number of amides is 1. The number of nitrogens with one attached hydrogen (secondary N) is 2. The Morgan fingerprint density at radius 1 is 0.914 bits per heavy atom. The van der Waals surface area contributed by atoms with E-state index in [1.54, 1.807) is 68.8 Å². The van der Waals surface area contributed by atoms with Gasteiger partial charge in [-0.2, -0.15) is 10.5 Å². The van der Waals surface area contributed by atoms with Crippen molar-refractivity contribution >= 4 is 11.6 Å². The third kappa shape index (κ3) is 6.66. The van der Waals surface area contributed by atoms with Crippen molar-refractivity contribution in [3.8, 4) is 29.4 Å². The van der Waals surface area contributed by atoms with Crippen LogP contribution in [0.1, 0.15) is 34.0 Å². The van der Waals surface area contributed by atoms with Crippen LogP contribution in [-0.4, -0.2) is 32.8 Å². The van der Waals surface area contributed by atoms with Crippen LogP contribution in [0.4, 0.5) is 5.69 Å². The highest BCUT2D eigenvalue weighted by atomic mass is 16.5. The van der Waals surface area contributed by atoms with Crippen LogP contribution in [0, 0.1) is 22.7 Å². The summed E-state index contributed by atoms with van der Waals surface area (Å²) in [5.41, 5.74) is 2.73. The number of methoxy groups -OCH3 is 2. The number of anilines is 1. The van der Waals surface area contributed by atoms with Gasteiger partial charge in [-0.05, 0) is 67.1 Å². The predicted molar refractivity (Wildman–Crippen MR) is 132 cm³/mol. The van der Waals surface area contributed by atoms with Crippen LogP contribution in [0.3, 0.4) is 0 Å². The monoisotopic (exact) mass is 470 g/mol. The van der Waals surface area contributed by atoms with E-state index in [0.29, 0.717) is 46.2 Å². The highest BCUT2D eigenvalue weighted by Crippen LogP contribution is 2.27. The number of hydrogen-bond acceptors (Lipinski definition) is 7. The minimum absolute atomic E-state index is 0.143. The van der Waals surface area contributed by atoms with Gasteiger partial charge in [-0.1, -0.05) is 6.07 Å². The molecule has 0 heterocycles. The molecule has 2 N–H and O–H groups in total. The Balaban J connectivity index is 1.68. The van der Waals surface area contributed by atoms with E-state index in [4.69, 9.17) is 19.5 Å². The van der Waals surface area contributed by atoms with E-state index in [9.17, 15) is 10.1 Å². The van der Waals surface area contributed by atoms with E-state index < -0.39 is 0 Å². The summed E-state index contributed by atoms with van der Waals surface area (Å²) < 4.78 is 16.4. The summed E-state index contributed by atoms with van der Waals surface area (Å²) in [6.07, 6.45) is 0. The molecule has 1 atom stereocenters. The quantitative estimate of drug-likeness (QED) is 0.455. The van der Waals surface area contributed by atoms with Gasteiger partial charge in [0.05, 0.1) is 49.1 Å². The number of rotatable bonds is 10. The lowest BCUT2D eigenvalue weighted by atomic mass is 10.1.